The van der Waals surface area contributed by atoms with Gasteiger partial charge in [0.05, 0.1) is 11.8 Å². The fraction of sp³-hybridized carbons (Fsp3) is 0.600. The van der Waals surface area contributed by atoms with Gasteiger partial charge in [-0.15, -0.1) is 0 Å². The van der Waals surface area contributed by atoms with Crippen molar-refractivity contribution in [1.82, 2.24) is 0 Å². The minimum absolute atomic E-state index is 0.221. The Labute approximate surface area is 108 Å². The first kappa shape index (κ1) is 13.3. The fourth-order valence-corrected chi connectivity index (χ4v) is 2.94. The topological polar surface area (TPSA) is 23.5 Å². The largest absolute Gasteiger partial charge is 0.389 e. The van der Waals surface area contributed by atoms with E-state index in [1.165, 1.54) is 6.07 Å². The molecule has 0 amide bonds. The Morgan fingerprint density at radius 1 is 1.33 bits per heavy atom. The van der Waals surface area contributed by atoms with Gasteiger partial charge in [-0.2, -0.15) is 0 Å². The zero-order valence-electron chi connectivity index (χ0n) is 11.4. The van der Waals surface area contributed by atoms with Gasteiger partial charge in [0.2, 0.25) is 0 Å². The number of halogens is 1. The maximum absolute atomic E-state index is 14.1. The number of hydrogen-bond acceptors (Lipinski definition) is 2. The van der Waals surface area contributed by atoms with E-state index in [9.17, 15) is 9.50 Å². The molecule has 100 valence electrons. The molecular weight excluding hydrogens is 229 g/mol. The van der Waals surface area contributed by atoms with E-state index in [2.05, 4.69) is 18.7 Å². The number of anilines is 1. The lowest BCUT2D eigenvalue weighted by Crippen LogP contribution is -2.34. The van der Waals surface area contributed by atoms with Crippen molar-refractivity contribution in [3.63, 3.8) is 0 Å². The zero-order valence-corrected chi connectivity index (χ0v) is 11.4. The van der Waals surface area contributed by atoms with E-state index in [0.717, 1.165) is 19.4 Å². The Morgan fingerprint density at radius 3 is 2.67 bits per heavy atom. The van der Waals surface area contributed by atoms with Crippen LogP contribution in [0.1, 0.15) is 45.3 Å². The van der Waals surface area contributed by atoms with Crippen LogP contribution >= 0.6 is 0 Å². The van der Waals surface area contributed by atoms with Gasteiger partial charge in [0.25, 0.3) is 0 Å². The molecule has 0 aliphatic carbocycles. The van der Waals surface area contributed by atoms with E-state index in [0.29, 0.717) is 23.2 Å². The summed E-state index contributed by atoms with van der Waals surface area (Å²) in [5.41, 5.74) is 1.30. The zero-order chi connectivity index (χ0) is 13.3. The smallest absolute Gasteiger partial charge is 0.146 e. The SMILES string of the molecule is CC(C)C1CCCN1c1c(F)cccc1[C@H](C)O. The highest BCUT2D eigenvalue weighted by molar-refractivity contribution is 5.57. The molecule has 0 saturated carbocycles. The highest BCUT2D eigenvalue weighted by Crippen LogP contribution is 2.36. The molecule has 0 spiro atoms. The van der Waals surface area contributed by atoms with E-state index < -0.39 is 6.10 Å². The molecular formula is C15H22FNO. The van der Waals surface area contributed by atoms with Gasteiger partial charge in [0.15, 0.2) is 0 Å². The lowest BCUT2D eigenvalue weighted by Gasteiger charge is -2.32. The summed E-state index contributed by atoms with van der Waals surface area (Å²) in [6, 6.07) is 5.34. The average Bonchev–Trinajstić information content (AvgIpc) is 2.77. The molecule has 1 aliphatic heterocycles. The highest BCUT2D eigenvalue weighted by atomic mass is 19.1. The van der Waals surface area contributed by atoms with Crippen LogP contribution in [0.15, 0.2) is 18.2 Å². The average molecular weight is 251 g/mol. The third-order valence-electron chi connectivity index (χ3n) is 3.82. The summed E-state index contributed by atoms with van der Waals surface area (Å²) in [6.07, 6.45) is 1.56. The lowest BCUT2D eigenvalue weighted by molar-refractivity contribution is 0.199. The molecule has 1 aromatic carbocycles. The highest BCUT2D eigenvalue weighted by Gasteiger charge is 2.31. The Balaban J connectivity index is 2.43. The van der Waals surface area contributed by atoms with Crippen LogP contribution in [-0.4, -0.2) is 17.7 Å². The summed E-state index contributed by atoms with van der Waals surface area (Å²) in [6.45, 7) is 6.92. The molecule has 0 radical (unpaired) electrons. The van der Waals surface area contributed by atoms with Gasteiger partial charge in [-0.3, -0.25) is 0 Å². The third kappa shape index (κ3) is 2.37. The van der Waals surface area contributed by atoms with Crippen LogP contribution in [0.3, 0.4) is 0 Å². The minimum atomic E-state index is -0.635. The van der Waals surface area contributed by atoms with Crippen molar-refractivity contribution in [3.05, 3.63) is 29.6 Å². The number of nitrogens with zero attached hydrogens (tertiary/aromatic N) is 1. The summed E-state index contributed by atoms with van der Waals surface area (Å²) in [4.78, 5) is 2.14. The molecule has 3 heteroatoms. The number of aliphatic hydroxyl groups is 1. The first-order chi connectivity index (χ1) is 8.52. The normalized spacial score (nSPS) is 21.7. The molecule has 18 heavy (non-hydrogen) atoms. The Hall–Kier alpha value is -1.09. The van der Waals surface area contributed by atoms with Crippen LogP contribution in [0.5, 0.6) is 0 Å². The number of hydrogen-bond donors (Lipinski definition) is 1. The van der Waals surface area contributed by atoms with Gasteiger partial charge in [0.1, 0.15) is 5.82 Å². The van der Waals surface area contributed by atoms with Crippen molar-refractivity contribution in [1.29, 1.82) is 0 Å². The first-order valence-electron chi connectivity index (χ1n) is 6.75. The molecule has 1 N–H and O–H groups in total. The maximum Gasteiger partial charge on any atom is 0.146 e. The molecule has 0 aromatic heterocycles. The Bertz CT molecular complexity index is 417. The molecule has 1 saturated heterocycles. The summed E-state index contributed by atoms with van der Waals surface area (Å²) >= 11 is 0. The number of rotatable bonds is 3. The van der Waals surface area contributed by atoms with Gasteiger partial charge < -0.3 is 10.0 Å². The van der Waals surface area contributed by atoms with Gasteiger partial charge in [0, 0.05) is 18.2 Å². The Kier molecular flexibility index (Phi) is 3.91. The second-order valence-electron chi connectivity index (χ2n) is 5.50. The monoisotopic (exact) mass is 251 g/mol. The quantitative estimate of drug-likeness (QED) is 0.888. The second kappa shape index (κ2) is 5.27. The van der Waals surface area contributed by atoms with E-state index in [4.69, 9.17) is 0 Å². The van der Waals surface area contributed by atoms with Gasteiger partial charge in [-0.25, -0.2) is 4.39 Å². The van der Waals surface area contributed by atoms with Crippen molar-refractivity contribution in [2.75, 3.05) is 11.4 Å². The standard InChI is InChI=1S/C15H22FNO/c1-10(2)14-8-5-9-17(14)15-12(11(3)18)6-4-7-13(15)16/h4,6-7,10-11,14,18H,5,8-9H2,1-3H3/t11-,14?/m0/s1. The molecule has 1 unspecified atom stereocenters. The van der Waals surface area contributed by atoms with Crippen LogP contribution in [0, 0.1) is 11.7 Å². The first-order valence-corrected chi connectivity index (χ1v) is 6.75. The molecule has 1 fully saturated rings. The second-order valence-corrected chi connectivity index (χ2v) is 5.50. The van der Waals surface area contributed by atoms with Crippen LogP contribution in [0.25, 0.3) is 0 Å². The van der Waals surface area contributed by atoms with E-state index in [1.54, 1.807) is 13.0 Å². The maximum atomic E-state index is 14.1. The minimum Gasteiger partial charge on any atom is -0.389 e. The van der Waals surface area contributed by atoms with Crippen molar-refractivity contribution in [2.45, 2.75) is 45.8 Å². The number of benzene rings is 1. The predicted molar refractivity (Wildman–Crippen MR) is 72.2 cm³/mol. The van der Waals surface area contributed by atoms with E-state index in [1.807, 2.05) is 6.07 Å². The predicted octanol–water partition coefficient (Wildman–Crippen LogP) is 3.50. The van der Waals surface area contributed by atoms with E-state index in [-0.39, 0.29) is 5.82 Å². The Morgan fingerprint density at radius 2 is 2.06 bits per heavy atom. The molecule has 2 atom stereocenters. The van der Waals surface area contributed by atoms with Crippen molar-refractivity contribution in [2.24, 2.45) is 5.92 Å². The number of aliphatic hydroxyl groups excluding tert-OH is 1. The lowest BCUT2D eigenvalue weighted by atomic mass is 9.99. The van der Waals surface area contributed by atoms with Crippen LogP contribution in [0.2, 0.25) is 0 Å². The molecule has 2 rings (SSSR count). The molecule has 2 nitrogen and oxygen atoms in total. The van der Waals surface area contributed by atoms with Gasteiger partial charge >= 0.3 is 0 Å². The van der Waals surface area contributed by atoms with Crippen molar-refractivity contribution in [3.8, 4) is 0 Å². The van der Waals surface area contributed by atoms with Crippen LogP contribution in [0.4, 0.5) is 10.1 Å². The van der Waals surface area contributed by atoms with Gasteiger partial charge in [-0.05, 0) is 31.7 Å². The summed E-state index contributed by atoms with van der Waals surface area (Å²) in [5.74, 6) is 0.273. The van der Waals surface area contributed by atoms with Crippen molar-refractivity contribution >= 4 is 5.69 Å². The summed E-state index contributed by atoms with van der Waals surface area (Å²) < 4.78 is 14.1. The summed E-state index contributed by atoms with van der Waals surface area (Å²) in [7, 11) is 0. The third-order valence-corrected chi connectivity index (χ3v) is 3.82. The van der Waals surface area contributed by atoms with Crippen LogP contribution < -0.4 is 4.90 Å². The molecule has 1 aliphatic rings. The van der Waals surface area contributed by atoms with Crippen molar-refractivity contribution < 1.29 is 9.50 Å². The molecule has 1 aromatic rings. The molecule has 0 bridgehead atoms. The summed E-state index contributed by atoms with van der Waals surface area (Å²) in [5, 5.41) is 9.82. The number of para-hydroxylation sites is 1. The van der Waals surface area contributed by atoms with Crippen LogP contribution in [-0.2, 0) is 0 Å². The van der Waals surface area contributed by atoms with Gasteiger partial charge in [-0.1, -0.05) is 26.0 Å². The van der Waals surface area contributed by atoms with E-state index >= 15 is 0 Å². The fourth-order valence-electron chi connectivity index (χ4n) is 2.94. The molecule has 1 heterocycles.